The van der Waals surface area contributed by atoms with Crippen LogP contribution in [0.4, 0.5) is 4.79 Å². The second kappa shape index (κ2) is 9.27. The van der Waals surface area contributed by atoms with Crippen molar-refractivity contribution in [2.75, 3.05) is 6.61 Å². The molecule has 1 aliphatic rings. The molecule has 0 heterocycles. The largest absolute Gasteiger partial charge is 0.481 e. The SMILES string of the molecule is CC(C)COC(=O)N[C@@H](CCC(=O)O)C(=O)OC1CCCC1. The Morgan fingerprint density at radius 3 is 2.41 bits per heavy atom. The van der Waals surface area contributed by atoms with E-state index < -0.39 is 24.1 Å². The molecule has 7 heteroatoms. The molecule has 0 aromatic heterocycles. The smallest absolute Gasteiger partial charge is 0.407 e. The second-order valence-electron chi connectivity index (χ2n) is 5.96. The lowest BCUT2D eigenvalue weighted by molar-refractivity contribution is -0.151. The number of esters is 1. The van der Waals surface area contributed by atoms with Crippen molar-refractivity contribution in [3.8, 4) is 0 Å². The van der Waals surface area contributed by atoms with E-state index >= 15 is 0 Å². The van der Waals surface area contributed by atoms with Crippen LogP contribution in [0.25, 0.3) is 0 Å². The van der Waals surface area contributed by atoms with Gasteiger partial charge in [-0.15, -0.1) is 0 Å². The first kappa shape index (κ1) is 18.3. The number of nitrogens with one attached hydrogen (secondary N) is 1. The molecular weight excluding hydrogens is 290 g/mol. The molecule has 1 atom stereocenters. The first-order valence-corrected chi connectivity index (χ1v) is 7.74. The van der Waals surface area contributed by atoms with Crippen molar-refractivity contribution < 1.29 is 29.0 Å². The van der Waals surface area contributed by atoms with Crippen LogP contribution in [0, 0.1) is 5.92 Å². The minimum atomic E-state index is -1.03. The first-order chi connectivity index (χ1) is 10.4. The van der Waals surface area contributed by atoms with Gasteiger partial charge >= 0.3 is 18.0 Å². The van der Waals surface area contributed by atoms with E-state index in [0.717, 1.165) is 25.7 Å². The van der Waals surface area contributed by atoms with Gasteiger partial charge in [0.2, 0.25) is 0 Å². The van der Waals surface area contributed by atoms with Crippen LogP contribution in [-0.4, -0.2) is 41.9 Å². The standard InChI is InChI=1S/C15H25NO6/c1-10(2)9-21-15(20)16-12(7-8-13(17)18)14(19)22-11-5-3-4-6-11/h10-12H,3-9H2,1-2H3,(H,16,20)(H,17,18)/t12-/m0/s1. The fourth-order valence-corrected chi connectivity index (χ4v) is 2.20. The Bertz CT molecular complexity index is 389. The Hall–Kier alpha value is -1.79. The molecule has 22 heavy (non-hydrogen) atoms. The van der Waals surface area contributed by atoms with Crippen LogP contribution in [0.2, 0.25) is 0 Å². The summed E-state index contributed by atoms with van der Waals surface area (Å²) in [6.45, 7) is 4.02. The maximum Gasteiger partial charge on any atom is 0.407 e. The fourth-order valence-electron chi connectivity index (χ4n) is 2.20. The number of amides is 1. The van der Waals surface area contributed by atoms with Crippen molar-refractivity contribution in [1.29, 1.82) is 0 Å². The van der Waals surface area contributed by atoms with E-state index in [4.69, 9.17) is 14.6 Å². The van der Waals surface area contributed by atoms with Gasteiger partial charge in [-0.25, -0.2) is 9.59 Å². The summed E-state index contributed by atoms with van der Waals surface area (Å²) >= 11 is 0. The molecule has 0 spiro atoms. The van der Waals surface area contributed by atoms with E-state index in [9.17, 15) is 14.4 Å². The Morgan fingerprint density at radius 2 is 1.86 bits per heavy atom. The van der Waals surface area contributed by atoms with E-state index in [1.54, 1.807) is 0 Å². The molecule has 2 N–H and O–H groups in total. The molecule has 1 rings (SSSR count). The Morgan fingerprint density at radius 1 is 1.23 bits per heavy atom. The van der Waals surface area contributed by atoms with Crippen molar-refractivity contribution in [2.24, 2.45) is 5.92 Å². The topological polar surface area (TPSA) is 102 Å². The van der Waals surface area contributed by atoms with Crippen molar-refractivity contribution in [3.05, 3.63) is 0 Å². The number of ether oxygens (including phenoxy) is 2. The van der Waals surface area contributed by atoms with Gasteiger partial charge in [0.15, 0.2) is 0 Å². The third-order valence-corrected chi connectivity index (χ3v) is 3.36. The summed E-state index contributed by atoms with van der Waals surface area (Å²) in [5.41, 5.74) is 0. The van der Waals surface area contributed by atoms with Crippen LogP contribution < -0.4 is 5.32 Å². The van der Waals surface area contributed by atoms with Crippen LogP contribution in [-0.2, 0) is 19.1 Å². The average molecular weight is 315 g/mol. The summed E-state index contributed by atoms with van der Waals surface area (Å²) < 4.78 is 10.3. The minimum Gasteiger partial charge on any atom is -0.481 e. The third-order valence-electron chi connectivity index (χ3n) is 3.36. The zero-order chi connectivity index (χ0) is 16.5. The van der Waals surface area contributed by atoms with Gasteiger partial charge in [-0.2, -0.15) is 0 Å². The lowest BCUT2D eigenvalue weighted by Crippen LogP contribution is -2.43. The number of carbonyl (C=O) groups is 3. The van der Waals surface area contributed by atoms with Crippen LogP contribution >= 0.6 is 0 Å². The summed E-state index contributed by atoms with van der Waals surface area (Å²) in [5.74, 6) is -1.45. The average Bonchev–Trinajstić information content (AvgIpc) is 2.93. The molecule has 0 bridgehead atoms. The number of alkyl carbamates (subject to hydrolysis) is 1. The zero-order valence-electron chi connectivity index (χ0n) is 13.2. The maximum absolute atomic E-state index is 12.1. The maximum atomic E-state index is 12.1. The normalized spacial score (nSPS) is 16.3. The molecule has 0 aromatic rings. The molecule has 1 saturated carbocycles. The highest BCUT2D eigenvalue weighted by Gasteiger charge is 2.27. The number of aliphatic carboxylic acids is 1. The summed E-state index contributed by atoms with van der Waals surface area (Å²) in [6, 6.07) is -0.989. The number of carboxylic acids is 1. The molecule has 1 amide bonds. The van der Waals surface area contributed by atoms with Crippen LogP contribution in [0.3, 0.4) is 0 Å². The summed E-state index contributed by atoms with van der Waals surface area (Å²) in [5, 5.41) is 11.1. The monoisotopic (exact) mass is 315 g/mol. The van der Waals surface area contributed by atoms with Gasteiger partial charge in [0.25, 0.3) is 0 Å². The van der Waals surface area contributed by atoms with Gasteiger partial charge in [0.1, 0.15) is 12.1 Å². The summed E-state index contributed by atoms with van der Waals surface area (Å²) in [6.07, 6.45) is 2.56. The predicted molar refractivity (Wildman–Crippen MR) is 78.3 cm³/mol. The van der Waals surface area contributed by atoms with E-state index in [1.807, 2.05) is 13.8 Å². The van der Waals surface area contributed by atoms with E-state index in [0.29, 0.717) is 0 Å². The number of hydrogen-bond acceptors (Lipinski definition) is 5. The minimum absolute atomic E-state index is 0.0162. The molecule has 1 aliphatic carbocycles. The third kappa shape index (κ3) is 7.28. The highest BCUT2D eigenvalue weighted by molar-refractivity contribution is 5.82. The molecule has 0 aromatic carbocycles. The second-order valence-corrected chi connectivity index (χ2v) is 5.96. The quantitative estimate of drug-likeness (QED) is 0.665. The van der Waals surface area contributed by atoms with E-state index in [2.05, 4.69) is 5.32 Å². The van der Waals surface area contributed by atoms with E-state index in [-0.39, 0.29) is 31.5 Å². The van der Waals surface area contributed by atoms with Gasteiger partial charge in [0, 0.05) is 6.42 Å². The molecule has 0 saturated heterocycles. The Kier molecular flexibility index (Phi) is 7.70. The fraction of sp³-hybridized carbons (Fsp3) is 0.800. The molecule has 126 valence electrons. The number of carbonyl (C=O) groups excluding carboxylic acids is 2. The van der Waals surface area contributed by atoms with Crippen molar-refractivity contribution in [3.63, 3.8) is 0 Å². The van der Waals surface area contributed by atoms with Gasteiger partial charge < -0.3 is 19.9 Å². The van der Waals surface area contributed by atoms with Crippen LogP contribution in [0.1, 0.15) is 52.4 Å². The van der Waals surface area contributed by atoms with Crippen LogP contribution in [0.15, 0.2) is 0 Å². The van der Waals surface area contributed by atoms with Gasteiger partial charge in [-0.1, -0.05) is 13.8 Å². The molecular formula is C15H25NO6. The first-order valence-electron chi connectivity index (χ1n) is 7.74. The van der Waals surface area contributed by atoms with Crippen molar-refractivity contribution >= 4 is 18.0 Å². The number of rotatable bonds is 8. The lowest BCUT2D eigenvalue weighted by Gasteiger charge is -2.20. The zero-order valence-corrected chi connectivity index (χ0v) is 13.2. The predicted octanol–water partition coefficient (Wildman–Crippen LogP) is 2.09. The summed E-state index contributed by atoms with van der Waals surface area (Å²) in [7, 11) is 0. The molecule has 0 radical (unpaired) electrons. The Balaban J connectivity index is 2.51. The van der Waals surface area contributed by atoms with Crippen molar-refractivity contribution in [2.45, 2.75) is 64.5 Å². The van der Waals surface area contributed by atoms with Gasteiger partial charge in [0.05, 0.1) is 6.61 Å². The molecule has 7 nitrogen and oxygen atoms in total. The highest BCUT2D eigenvalue weighted by atomic mass is 16.6. The van der Waals surface area contributed by atoms with Crippen molar-refractivity contribution in [1.82, 2.24) is 5.32 Å². The molecule has 0 unspecified atom stereocenters. The number of carboxylic acid groups (broad SMARTS) is 1. The van der Waals surface area contributed by atoms with Gasteiger partial charge in [-0.05, 0) is 38.0 Å². The Labute approximate surface area is 130 Å². The molecule has 0 aliphatic heterocycles. The molecule has 1 fully saturated rings. The summed E-state index contributed by atoms with van der Waals surface area (Å²) in [4.78, 5) is 34.4. The highest BCUT2D eigenvalue weighted by Crippen LogP contribution is 2.21. The number of hydrogen-bond donors (Lipinski definition) is 2. The van der Waals surface area contributed by atoms with Crippen LogP contribution in [0.5, 0.6) is 0 Å². The van der Waals surface area contributed by atoms with Gasteiger partial charge in [-0.3, -0.25) is 4.79 Å². The lowest BCUT2D eigenvalue weighted by atomic mass is 10.1. The van der Waals surface area contributed by atoms with E-state index in [1.165, 1.54) is 0 Å².